The summed E-state index contributed by atoms with van der Waals surface area (Å²) in [4.78, 5) is 2.49. The van der Waals surface area contributed by atoms with Gasteiger partial charge in [-0.3, -0.25) is 9.58 Å². The molecule has 5 heteroatoms. The molecular formula is C14H24N4O. The summed E-state index contributed by atoms with van der Waals surface area (Å²) in [5.74, 6) is 0.779. The van der Waals surface area contributed by atoms with Crippen molar-refractivity contribution in [2.45, 2.75) is 44.8 Å². The van der Waals surface area contributed by atoms with Gasteiger partial charge in [0.05, 0.1) is 24.6 Å². The lowest BCUT2D eigenvalue weighted by Crippen LogP contribution is -2.45. The number of ether oxygens (including phenoxy) is 1. The predicted molar refractivity (Wildman–Crippen MR) is 72.6 cm³/mol. The van der Waals surface area contributed by atoms with E-state index < -0.39 is 0 Å². The third kappa shape index (κ3) is 3.15. The highest BCUT2D eigenvalue weighted by Gasteiger charge is 2.29. The number of aromatic nitrogens is 3. The Balaban J connectivity index is 1.57. The van der Waals surface area contributed by atoms with Crippen molar-refractivity contribution >= 4 is 0 Å². The van der Waals surface area contributed by atoms with Crippen LogP contribution in [0, 0.1) is 5.92 Å². The molecule has 2 aliphatic rings. The maximum atomic E-state index is 6.02. The van der Waals surface area contributed by atoms with Crippen molar-refractivity contribution in [1.82, 2.24) is 19.9 Å². The molecule has 1 atom stereocenters. The van der Waals surface area contributed by atoms with E-state index in [1.165, 1.54) is 37.8 Å². The standard InChI is InChI=1S/C14H24N4O/c1-17-13(9-15-16-17)10-18-7-8-19-14(11-18)12-5-3-2-4-6-12/h9,12,14H,2-8,10-11H2,1H3. The third-order valence-corrected chi connectivity index (χ3v) is 4.55. The first kappa shape index (κ1) is 13.1. The van der Waals surface area contributed by atoms with E-state index in [1.807, 2.05) is 17.9 Å². The van der Waals surface area contributed by atoms with Gasteiger partial charge >= 0.3 is 0 Å². The fraction of sp³-hybridized carbons (Fsp3) is 0.857. The second kappa shape index (κ2) is 6.01. The number of aryl methyl sites for hydroxylation is 1. The van der Waals surface area contributed by atoms with Gasteiger partial charge in [0.25, 0.3) is 0 Å². The quantitative estimate of drug-likeness (QED) is 0.831. The van der Waals surface area contributed by atoms with Crippen LogP contribution in [0.2, 0.25) is 0 Å². The summed E-state index contributed by atoms with van der Waals surface area (Å²) < 4.78 is 7.88. The number of morpholine rings is 1. The van der Waals surface area contributed by atoms with Crippen LogP contribution in [0.15, 0.2) is 6.20 Å². The Morgan fingerprint density at radius 2 is 2.16 bits per heavy atom. The first-order chi connectivity index (χ1) is 9.33. The molecule has 0 spiro atoms. The molecule has 1 aliphatic carbocycles. The molecule has 19 heavy (non-hydrogen) atoms. The van der Waals surface area contributed by atoms with E-state index in [2.05, 4.69) is 15.2 Å². The first-order valence-corrected chi connectivity index (χ1v) is 7.50. The van der Waals surface area contributed by atoms with Crippen molar-refractivity contribution in [3.63, 3.8) is 0 Å². The minimum atomic E-state index is 0.440. The van der Waals surface area contributed by atoms with E-state index in [1.54, 1.807) is 0 Å². The van der Waals surface area contributed by atoms with Crippen molar-refractivity contribution in [2.24, 2.45) is 13.0 Å². The van der Waals surface area contributed by atoms with Crippen molar-refractivity contribution in [3.05, 3.63) is 11.9 Å². The Bertz CT molecular complexity index is 400. The summed E-state index contributed by atoms with van der Waals surface area (Å²) in [7, 11) is 1.96. The molecule has 3 rings (SSSR count). The first-order valence-electron chi connectivity index (χ1n) is 7.50. The molecule has 1 aromatic rings. The number of rotatable bonds is 3. The highest BCUT2D eigenvalue weighted by atomic mass is 16.5. The summed E-state index contributed by atoms with van der Waals surface area (Å²) in [5.41, 5.74) is 1.18. The lowest BCUT2D eigenvalue weighted by molar-refractivity contribution is -0.0675. The number of hydrogen-bond donors (Lipinski definition) is 0. The topological polar surface area (TPSA) is 43.2 Å². The fourth-order valence-corrected chi connectivity index (χ4v) is 3.35. The molecule has 1 unspecified atom stereocenters. The Hall–Kier alpha value is -0.940. The predicted octanol–water partition coefficient (Wildman–Crippen LogP) is 1.60. The van der Waals surface area contributed by atoms with Gasteiger partial charge in [0, 0.05) is 26.7 Å². The van der Waals surface area contributed by atoms with Crippen molar-refractivity contribution < 1.29 is 4.74 Å². The molecule has 0 N–H and O–H groups in total. The molecular weight excluding hydrogens is 240 g/mol. The third-order valence-electron chi connectivity index (χ3n) is 4.55. The molecule has 0 aromatic carbocycles. The van der Waals surface area contributed by atoms with E-state index in [0.29, 0.717) is 6.10 Å². The summed E-state index contributed by atoms with van der Waals surface area (Å²) in [6, 6.07) is 0. The van der Waals surface area contributed by atoms with Gasteiger partial charge in [0.1, 0.15) is 0 Å². The van der Waals surface area contributed by atoms with Gasteiger partial charge < -0.3 is 4.74 Å². The Labute approximate surface area is 114 Å². The minimum absolute atomic E-state index is 0.440. The van der Waals surface area contributed by atoms with Crippen molar-refractivity contribution in [1.29, 1.82) is 0 Å². The second-order valence-corrected chi connectivity index (χ2v) is 5.89. The van der Waals surface area contributed by atoms with Gasteiger partial charge in [-0.15, -0.1) is 5.10 Å². The zero-order valence-electron chi connectivity index (χ0n) is 11.8. The van der Waals surface area contributed by atoms with Gasteiger partial charge in [-0.2, -0.15) is 0 Å². The van der Waals surface area contributed by atoms with Gasteiger partial charge in [0.15, 0.2) is 0 Å². The molecule has 1 saturated carbocycles. The Morgan fingerprint density at radius 3 is 2.89 bits per heavy atom. The normalized spacial score (nSPS) is 26.7. The second-order valence-electron chi connectivity index (χ2n) is 5.89. The van der Waals surface area contributed by atoms with E-state index in [-0.39, 0.29) is 0 Å². The molecule has 0 bridgehead atoms. The lowest BCUT2D eigenvalue weighted by Gasteiger charge is -2.38. The monoisotopic (exact) mass is 264 g/mol. The van der Waals surface area contributed by atoms with Crippen LogP contribution in [-0.4, -0.2) is 45.7 Å². The molecule has 2 heterocycles. The summed E-state index contributed by atoms with van der Waals surface area (Å²) in [6.45, 7) is 3.90. The molecule has 2 fully saturated rings. The SMILES string of the molecule is Cn1nncc1CN1CCOC(C2CCCCC2)C1. The van der Waals surface area contributed by atoms with Crippen molar-refractivity contribution in [3.8, 4) is 0 Å². The van der Waals surface area contributed by atoms with Crippen molar-refractivity contribution in [2.75, 3.05) is 19.7 Å². The molecule has 5 nitrogen and oxygen atoms in total. The molecule has 1 aliphatic heterocycles. The van der Waals surface area contributed by atoms with Crippen LogP contribution in [0.25, 0.3) is 0 Å². The Kier molecular flexibility index (Phi) is 4.13. The van der Waals surface area contributed by atoms with Crippen LogP contribution < -0.4 is 0 Å². The average Bonchev–Trinajstić information content (AvgIpc) is 2.86. The lowest BCUT2D eigenvalue weighted by atomic mass is 9.84. The summed E-state index contributed by atoms with van der Waals surface area (Å²) in [5, 5.41) is 7.95. The number of hydrogen-bond acceptors (Lipinski definition) is 4. The van der Waals surface area contributed by atoms with Crippen LogP contribution >= 0.6 is 0 Å². The minimum Gasteiger partial charge on any atom is -0.375 e. The largest absolute Gasteiger partial charge is 0.375 e. The van der Waals surface area contributed by atoms with E-state index in [0.717, 1.165) is 32.2 Å². The maximum absolute atomic E-state index is 6.02. The van der Waals surface area contributed by atoms with Crippen LogP contribution in [0.1, 0.15) is 37.8 Å². The zero-order valence-corrected chi connectivity index (χ0v) is 11.8. The molecule has 0 radical (unpaired) electrons. The Morgan fingerprint density at radius 1 is 1.32 bits per heavy atom. The van der Waals surface area contributed by atoms with Crippen LogP contribution in [0.5, 0.6) is 0 Å². The van der Waals surface area contributed by atoms with E-state index >= 15 is 0 Å². The summed E-state index contributed by atoms with van der Waals surface area (Å²) in [6.07, 6.45) is 9.19. The van der Waals surface area contributed by atoms with E-state index in [4.69, 9.17) is 4.74 Å². The molecule has 1 aromatic heterocycles. The molecule has 0 amide bonds. The van der Waals surface area contributed by atoms with Crippen LogP contribution in [0.4, 0.5) is 0 Å². The zero-order chi connectivity index (χ0) is 13.1. The highest BCUT2D eigenvalue weighted by Crippen LogP contribution is 2.29. The summed E-state index contributed by atoms with van der Waals surface area (Å²) >= 11 is 0. The fourth-order valence-electron chi connectivity index (χ4n) is 3.35. The molecule has 106 valence electrons. The highest BCUT2D eigenvalue weighted by molar-refractivity contribution is 4.94. The van der Waals surface area contributed by atoms with E-state index in [9.17, 15) is 0 Å². The number of nitrogens with zero attached hydrogens (tertiary/aromatic N) is 4. The van der Waals surface area contributed by atoms with Gasteiger partial charge in [-0.05, 0) is 18.8 Å². The smallest absolute Gasteiger partial charge is 0.0738 e. The van der Waals surface area contributed by atoms with Gasteiger partial charge in [-0.1, -0.05) is 24.5 Å². The maximum Gasteiger partial charge on any atom is 0.0738 e. The average molecular weight is 264 g/mol. The molecule has 1 saturated heterocycles. The van der Waals surface area contributed by atoms with Gasteiger partial charge in [-0.25, -0.2) is 0 Å². The van der Waals surface area contributed by atoms with Crippen LogP contribution in [0.3, 0.4) is 0 Å². The van der Waals surface area contributed by atoms with Gasteiger partial charge in [0.2, 0.25) is 0 Å². The van der Waals surface area contributed by atoms with Crippen LogP contribution in [-0.2, 0) is 18.3 Å².